The van der Waals surface area contributed by atoms with Gasteiger partial charge in [-0.25, -0.2) is 9.97 Å². The summed E-state index contributed by atoms with van der Waals surface area (Å²) >= 11 is 1.70. The molecule has 4 nitrogen and oxygen atoms in total. The molecule has 3 aliphatic rings. The Bertz CT molecular complexity index is 794. The second-order valence-corrected chi connectivity index (χ2v) is 9.02. The minimum absolute atomic E-state index is 0.875. The number of hydrogen-bond donors (Lipinski definition) is 1. The first-order valence-corrected chi connectivity index (χ1v) is 10.7. The van der Waals surface area contributed by atoms with Crippen molar-refractivity contribution in [1.82, 2.24) is 14.9 Å². The van der Waals surface area contributed by atoms with E-state index in [2.05, 4.69) is 45.3 Å². The van der Waals surface area contributed by atoms with Crippen LogP contribution in [-0.2, 0) is 6.54 Å². The number of nitrogens with zero attached hydrogens (tertiary/aromatic N) is 3. The Hall–Kier alpha value is -1.59. The maximum atomic E-state index is 4.41. The van der Waals surface area contributed by atoms with Crippen LogP contribution in [0.15, 0.2) is 40.5 Å². The fourth-order valence-electron chi connectivity index (χ4n) is 5.28. The second kappa shape index (κ2) is 6.86. The first-order valence-electron chi connectivity index (χ1n) is 9.91. The first kappa shape index (κ1) is 16.6. The number of benzene rings is 1. The highest BCUT2D eigenvalue weighted by molar-refractivity contribution is 7.99. The van der Waals surface area contributed by atoms with Gasteiger partial charge in [0.25, 0.3) is 0 Å². The summed E-state index contributed by atoms with van der Waals surface area (Å²) < 4.78 is 0. The lowest BCUT2D eigenvalue weighted by Crippen LogP contribution is -2.47. The molecule has 1 N–H and O–H groups in total. The van der Waals surface area contributed by atoms with Gasteiger partial charge >= 0.3 is 0 Å². The monoisotopic (exact) mass is 366 g/mol. The third kappa shape index (κ3) is 3.01. The summed E-state index contributed by atoms with van der Waals surface area (Å²) in [5, 5.41) is 4.42. The molecule has 2 atom stereocenters. The summed E-state index contributed by atoms with van der Waals surface area (Å²) in [7, 11) is 0. The molecule has 136 valence electrons. The molecule has 2 fully saturated rings. The van der Waals surface area contributed by atoms with Crippen LogP contribution in [0.3, 0.4) is 0 Å². The minimum atomic E-state index is 0.875. The molecule has 1 saturated heterocycles. The van der Waals surface area contributed by atoms with Gasteiger partial charge in [0.2, 0.25) is 0 Å². The summed E-state index contributed by atoms with van der Waals surface area (Å²) in [6.45, 7) is 6.01. The number of anilines is 2. The maximum Gasteiger partial charge on any atom is 0.163 e. The second-order valence-electron chi connectivity index (χ2n) is 7.98. The van der Waals surface area contributed by atoms with Gasteiger partial charge in [-0.2, -0.15) is 0 Å². The summed E-state index contributed by atoms with van der Waals surface area (Å²) in [6, 6.07) is 6.83. The molecule has 5 heteroatoms. The Morgan fingerprint density at radius 2 is 1.96 bits per heavy atom. The van der Waals surface area contributed by atoms with E-state index in [0.717, 1.165) is 35.1 Å². The quantitative estimate of drug-likeness (QED) is 0.711. The number of nitrogens with one attached hydrogen (secondary N) is 1. The van der Waals surface area contributed by atoms with Crippen LogP contribution in [0, 0.1) is 17.8 Å². The van der Waals surface area contributed by atoms with Crippen molar-refractivity contribution >= 4 is 23.3 Å². The van der Waals surface area contributed by atoms with Crippen molar-refractivity contribution in [3.8, 4) is 0 Å². The van der Waals surface area contributed by atoms with Crippen LogP contribution in [-0.4, -0.2) is 28.0 Å². The van der Waals surface area contributed by atoms with Crippen molar-refractivity contribution in [3.05, 3.63) is 36.2 Å². The highest BCUT2D eigenvalue weighted by atomic mass is 32.2. The number of rotatable bonds is 3. The number of likely N-dealkylation sites (tertiary alicyclic amines) is 1. The number of piperidine rings is 1. The lowest BCUT2D eigenvalue weighted by molar-refractivity contribution is 0.0170. The van der Waals surface area contributed by atoms with Gasteiger partial charge in [-0.3, -0.25) is 4.90 Å². The molecular formula is C21H26N4S. The topological polar surface area (TPSA) is 41.0 Å². The molecule has 1 aliphatic carbocycles. The van der Waals surface area contributed by atoms with E-state index in [-0.39, 0.29) is 0 Å². The molecule has 2 aromatic rings. The van der Waals surface area contributed by atoms with E-state index in [1.165, 1.54) is 54.9 Å². The molecule has 1 aromatic carbocycles. The summed E-state index contributed by atoms with van der Waals surface area (Å²) in [6.07, 6.45) is 9.18. The van der Waals surface area contributed by atoms with Crippen LogP contribution in [0.5, 0.6) is 0 Å². The Morgan fingerprint density at radius 3 is 2.77 bits per heavy atom. The van der Waals surface area contributed by atoms with Gasteiger partial charge in [0.05, 0.1) is 5.69 Å². The van der Waals surface area contributed by atoms with Crippen LogP contribution < -0.4 is 5.32 Å². The number of aromatic nitrogens is 2. The van der Waals surface area contributed by atoms with Crippen LogP contribution in [0.1, 0.15) is 38.2 Å². The smallest absolute Gasteiger partial charge is 0.163 e. The molecule has 2 bridgehead atoms. The zero-order valence-corrected chi connectivity index (χ0v) is 16.1. The lowest BCUT2D eigenvalue weighted by Gasteiger charge is -2.47. The molecule has 1 saturated carbocycles. The van der Waals surface area contributed by atoms with Crippen molar-refractivity contribution in [1.29, 1.82) is 0 Å². The van der Waals surface area contributed by atoms with Crippen LogP contribution in [0.25, 0.3) is 0 Å². The van der Waals surface area contributed by atoms with E-state index in [4.69, 9.17) is 0 Å². The van der Waals surface area contributed by atoms with Crippen LogP contribution >= 0.6 is 11.8 Å². The minimum Gasteiger partial charge on any atom is -0.337 e. The predicted octanol–water partition coefficient (Wildman–Crippen LogP) is 4.94. The molecule has 2 unspecified atom stereocenters. The lowest BCUT2D eigenvalue weighted by atomic mass is 9.68. The van der Waals surface area contributed by atoms with Gasteiger partial charge in [-0.05, 0) is 48.3 Å². The highest BCUT2D eigenvalue weighted by Gasteiger charge is 2.38. The van der Waals surface area contributed by atoms with Crippen molar-refractivity contribution in [3.63, 3.8) is 0 Å². The molecule has 26 heavy (non-hydrogen) atoms. The van der Waals surface area contributed by atoms with Crippen molar-refractivity contribution in [2.24, 2.45) is 17.8 Å². The van der Waals surface area contributed by atoms with E-state index < -0.39 is 0 Å². The standard InChI is InChI=1S/C21H26N4S/c1-2-17-15-4-3-5-16(17)13-25(12-15)11-14-6-7-19-18(10-14)24-20-21(26-19)23-9-8-22-20/h6-10,15-17H,2-5,11-13H2,1H3,(H,22,24). The van der Waals surface area contributed by atoms with Crippen LogP contribution in [0.2, 0.25) is 0 Å². The van der Waals surface area contributed by atoms with Gasteiger partial charge in [0, 0.05) is 36.9 Å². The summed E-state index contributed by atoms with van der Waals surface area (Å²) in [5.41, 5.74) is 2.57. The molecule has 2 aliphatic heterocycles. The first-order chi connectivity index (χ1) is 12.8. The third-order valence-corrected chi connectivity index (χ3v) is 7.46. The molecule has 0 radical (unpaired) electrons. The number of fused-ring (bicyclic) bond motifs is 4. The zero-order valence-electron chi connectivity index (χ0n) is 15.3. The Labute approximate surface area is 159 Å². The maximum absolute atomic E-state index is 4.41. The fourth-order valence-corrected chi connectivity index (χ4v) is 6.16. The van der Waals surface area contributed by atoms with E-state index in [1.807, 2.05) is 0 Å². The Kier molecular flexibility index (Phi) is 4.37. The molecule has 1 aromatic heterocycles. The van der Waals surface area contributed by atoms with Gasteiger partial charge in [0.15, 0.2) is 5.82 Å². The number of hydrogen-bond acceptors (Lipinski definition) is 5. The largest absolute Gasteiger partial charge is 0.337 e. The molecule has 3 heterocycles. The van der Waals surface area contributed by atoms with E-state index in [0.29, 0.717) is 0 Å². The fraction of sp³-hybridized carbons (Fsp3) is 0.524. The average molecular weight is 367 g/mol. The molecule has 0 spiro atoms. The van der Waals surface area contributed by atoms with Gasteiger partial charge in [-0.1, -0.05) is 37.6 Å². The zero-order chi connectivity index (χ0) is 17.5. The van der Waals surface area contributed by atoms with Gasteiger partial charge < -0.3 is 5.32 Å². The summed E-state index contributed by atoms with van der Waals surface area (Å²) in [4.78, 5) is 12.8. The van der Waals surface area contributed by atoms with E-state index in [1.54, 1.807) is 24.2 Å². The van der Waals surface area contributed by atoms with Crippen LogP contribution in [0.4, 0.5) is 11.5 Å². The normalized spacial score (nSPS) is 27.3. The van der Waals surface area contributed by atoms with Crippen molar-refractivity contribution in [2.45, 2.75) is 49.1 Å². The van der Waals surface area contributed by atoms with Gasteiger partial charge in [-0.15, -0.1) is 0 Å². The Morgan fingerprint density at radius 1 is 1.15 bits per heavy atom. The SMILES string of the molecule is CCC1C2CCCC1CN(Cc1ccc3c(c1)Nc1nccnc1S3)C2. The predicted molar refractivity (Wildman–Crippen MR) is 106 cm³/mol. The van der Waals surface area contributed by atoms with Crippen molar-refractivity contribution < 1.29 is 0 Å². The average Bonchev–Trinajstić information content (AvgIpc) is 2.65. The summed E-state index contributed by atoms with van der Waals surface area (Å²) in [5.74, 6) is 3.68. The third-order valence-electron chi connectivity index (χ3n) is 6.39. The molecule has 5 rings (SSSR count). The molecular weight excluding hydrogens is 340 g/mol. The van der Waals surface area contributed by atoms with Gasteiger partial charge in [0.1, 0.15) is 5.03 Å². The Balaban J connectivity index is 1.32. The van der Waals surface area contributed by atoms with Crippen molar-refractivity contribution in [2.75, 3.05) is 18.4 Å². The molecule has 0 amide bonds. The highest BCUT2D eigenvalue weighted by Crippen LogP contribution is 2.43. The van der Waals surface area contributed by atoms with E-state index >= 15 is 0 Å². The van der Waals surface area contributed by atoms with E-state index in [9.17, 15) is 0 Å².